The summed E-state index contributed by atoms with van der Waals surface area (Å²) in [5.41, 5.74) is 0. The predicted octanol–water partition coefficient (Wildman–Crippen LogP) is 8.11. The lowest BCUT2D eigenvalue weighted by Gasteiger charge is -2.36. The van der Waals surface area contributed by atoms with Crippen LogP contribution in [0.15, 0.2) is 0 Å². The highest BCUT2D eigenvalue weighted by Gasteiger charge is 2.38. The van der Waals surface area contributed by atoms with Crippen LogP contribution >= 0.6 is 0 Å². The van der Waals surface area contributed by atoms with Gasteiger partial charge in [-0.1, -0.05) is 142 Å². The van der Waals surface area contributed by atoms with E-state index in [-0.39, 0.29) is 12.4 Å². The van der Waals surface area contributed by atoms with E-state index in [2.05, 4.69) is 20.9 Å². The molecule has 0 heterocycles. The Labute approximate surface area is 266 Å². The van der Waals surface area contributed by atoms with Gasteiger partial charge in [-0.3, -0.25) is 0 Å². The molecule has 0 fully saturated rings. The minimum absolute atomic E-state index is 0. The molecule has 0 aliphatic heterocycles. The Balaban J connectivity index is 0. The van der Waals surface area contributed by atoms with E-state index in [0.717, 1.165) is 12.5 Å². The number of rotatable bonds is 33. The Morgan fingerprint density at radius 3 is 0.902 bits per heavy atom. The maximum Gasteiger partial charge on any atom is 0.500 e. The van der Waals surface area contributed by atoms with Gasteiger partial charge in [-0.15, -0.1) is 0 Å². The SMILES string of the molecule is CCCCCCCCCCCCCC[N+](C)(CCCCCCCCCCCCCC)CCC[Si](OC)(OC)OC.[Cl-]. The zero-order chi connectivity index (χ0) is 29.6. The number of unbranched alkanes of at least 4 members (excludes halogenated alkanes) is 22. The third-order valence-electron chi connectivity index (χ3n) is 9.22. The van der Waals surface area contributed by atoms with Crippen molar-refractivity contribution in [2.45, 2.75) is 180 Å². The van der Waals surface area contributed by atoms with Gasteiger partial charge >= 0.3 is 8.80 Å². The van der Waals surface area contributed by atoms with Crippen LogP contribution in [-0.2, 0) is 13.3 Å². The number of nitrogens with zero attached hydrogens (tertiary/aromatic N) is 1. The molecule has 0 saturated carbocycles. The highest BCUT2D eigenvalue weighted by Crippen LogP contribution is 2.20. The fourth-order valence-corrected chi connectivity index (χ4v) is 7.94. The quantitative estimate of drug-likeness (QED) is 0.0421. The molecule has 0 spiro atoms. The summed E-state index contributed by atoms with van der Waals surface area (Å²) in [5, 5.41) is 0. The van der Waals surface area contributed by atoms with Crippen LogP contribution in [0.5, 0.6) is 0 Å². The van der Waals surface area contributed by atoms with Crippen molar-refractivity contribution in [1.29, 1.82) is 0 Å². The van der Waals surface area contributed by atoms with Gasteiger partial charge in [-0.2, -0.15) is 0 Å². The fourth-order valence-electron chi connectivity index (χ4n) is 6.24. The van der Waals surface area contributed by atoms with E-state index in [1.807, 2.05) is 0 Å². The lowest BCUT2D eigenvalue weighted by atomic mass is 10.0. The molecule has 250 valence electrons. The molecule has 0 aliphatic carbocycles. The molecule has 0 amide bonds. The summed E-state index contributed by atoms with van der Waals surface area (Å²) < 4.78 is 18.3. The van der Waals surface area contributed by atoms with Gasteiger partial charge in [0.25, 0.3) is 0 Å². The second-order valence-electron chi connectivity index (χ2n) is 13.0. The third kappa shape index (κ3) is 26.5. The zero-order valence-corrected chi connectivity index (χ0v) is 30.8. The van der Waals surface area contributed by atoms with Gasteiger partial charge in [-0.25, -0.2) is 0 Å². The van der Waals surface area contributed by atoms with E-state index in [4.69, 9.17) is 13.3 Å². The molecule has 0 aliphatic rings. The van der Waals surface area contributed by atoms with Crippen molar-refractivity contribution in [3.63, 3.8) is 0 Å². The van der Waals surface area contributed by atoms with Crippen LogP contribution in [0, 0.1) is 0 Å². The Morgan fingerprint density at radius 2 is 0.634 bits per heavy atom. The van der Waals surface area contributed by atoms with Crippen molar-refractivity contribution >= 4 is 8.80 Å². The molecule has 0 atom stereocenters. The molecule has 6 heteroatoms. The molecule has 0 bridgehead atoms. The molecule has 0 N–H and O–H groups in total. The minimum atomic E-state index is -2.47. The molecule has 4 nitrogen and oxygen atoms in total. The lowest BCUT2D eigenvalue weighted by molar-refractivity contribution is -0.910. The normalized spacial score (nSPS) is 12.1. The van der Waals surface area contributed by atoms with E-state index >= 15 is 0 Å². The number of halogens is 1. The molecule has 0 radical (unpaired) electrons. The van der Waals surface area contributed by atoms with Crippen molar-refractivity contribution < 1.29 is 30.2 Å². The van der Waals surface area contributed by atoms with Crippen molar-refractivity contribution in [2.24, 2.45) is 0 Å². The Morgan fingerprint density at radius 1 is 0.390 bits per heavy atom. The average Bonchev–Trinajstić information content (AvgIpc) is 2.97. The summed E-state index contributed by atoms with van der Waals surface area (Å²) in [4.78, 5) is 0. The van der Waals surface area contributed by atoms with Gasteiger partial charge in [0.05, 0.1) is 26.7 Å². The summed E-state index contributed by atoms with van der Waals surface area (Å²) in [5.74, 6) is 0. The van der Waals surface area contributed by atoms with E-state index < -0.39 is 8.80 Å². The second-order valence-corrected chi connectivity index (χ2v) is 16.1. The van der Waals surface area contributed by atoms with E-state index in [1.54, 1.807) is 21.3 Å². The van der Waals surface area contributed by atoms with E-state index in [1.165, 1.54) is 178 Å². The fraction of sp³-hybridized carbons (Fsp3) is 1.00. The van der Waals surface area contributed by atoms with Crippen LogP contribution in [0.3, 0.4) is 0 Å². The highest BCUT2D eigenvalue weighted by molar-refractivity contribution is 6.60. The van der Waals surface area contributed by atoms with Crippen LogP contribution in [0.1, 0.15) is 174 Å². The molecular weight excluding hydrogens is 546 g/mol. The standard InChI is InChI=1S/C35H76NO3Si.ClH/c1-7-9-11-13-15-17-19-21-23-25-27-29-32-36(3,34-31-35-40(37-4,38-5)39-6)33-30-28-26-24-22-20-18-16-14-12-10-8-2;/h7-35H2,1-6H3;1H/q+1;/p-1. The van der Waals surface area contributed by atoms with Crippen LogP contribution in [0.2, 0.25) is 6.04 Å². The average molecular weight is 623 g/mol. The van der Waals surface area contributed by atoms with E-state index in [0.29, 0.717) is 0 Å². The van der Waals surface area contributed by atoms with Crippen molar-refractivity contribution in [1.82, 2.24) is 0 Å². The molecule has 0 aromatic heterocycles. The Hall–Kier alpha value is 0.347. The monoisotopic (exact) mass is 622 g/mol. The van der Waals surface area contributed by atoms with Gasteiger partial charge in [0.15, 0.2) is 0 Å². The number of quaternary nitrogens is 1. The first-order valence-corrected chi connectivity index (χ1v) is 19.9. The van der Waals surface area contributed by atoms with Crippen molar-refractivity contribution in [2.75, 3.05) is 48.0 Å². The first kappa shape index (κ1) is 43.5. The summed E-state index contributed by atoms with van der Waals surface area (Å²) in [6.45, 7) is 8.45. The van der Waals surface area contributed by atoms with Crippen LogP contribution < -0.4 is 12.4 Å². The maximum absolute atomic E-state index is 5.69. The highest BCUT2D eigenvalue weighted by atomic mass is 35.5. The second kappa shape index (κ2) is 31.8. The Bertz CT molecular complexity index is 472. The van der Waals surface area contributed by atoms with Crippen LogP contribution in [-0.4, -0.2) is 61.3 Å². The zero-order valence-electron chi connectivity index (χ0n) is 29.1. The Kier molecular flexibility index (Phi) is 33.7. The van der Waals surface area contributed by atoms with Gasteiger partial charge < -0.3 is 30.2 Å². The minimum Gasteiger partial charge on any atom is -1.00 e. The molecule has 0 unspecified atom stereocenters. The summed E-state index contributed by atoms with van der Waals surface area (Å²) in [6.07, 6.45) is 35.3. The molecule has 0 aromatic rings. The van der Waals surface area contributed by atoms with Crippen LogP contribution in [0.25, 0.3) is 0 Å². The molecule has 41 heavy (non-hydrogen) atoms. The van der Waals surface area contributed by atoms with Crippen LogP contribution in [0.4, 0.5) is 0 Å². The van der Waals surface area contributed by atoms with Crippen molar-refractivity contribution in [3.05, 3.63) is 0 Å². The molecule has 0 rings (SSSR count). The van der Waals surface area contributed by atoms with Gasteiger partial charge in [-0.05, 0) is 25.7 Å². The van der Waals surface area contributed by atoms with Gasteiger partial charge in [0.1, 0.15) is 0 Å². The first-order valence-electron chi connectivity index (χ1n) is 18.0. The smallest absolute Gasteiger partial charge is 0.500 e. The third-order valence-corrected chi connectivity index (χ3v) is 12.0. The van der Waals surface area contributed by atoms with Gasteiger partial charge in [0, 0.05) is 33.8 Å². The largest absolute Gasteiger partial charge is 1.00 e. The topological polar surface area (TPSA) is 27.7 Å². The summed E-state index contributed by atoms with van der Waals surface area (Å²) in [6, 6.07) is 0.918. The first-order chi connectivity index (χ1) is 19.5. The number of hydrogen-bond acceptors (Lipinski definition) is 3. The number of hydrogen-bond donors (Lipinski definition) is 0. The molecular formula is C35H76ClNO3Si. The van der Waals surface area contributed by atoms with Crippen molar-refractivity contribution in [3.8, 4) is 0 Å². The lowest BCUT2D eigenvalue weighted by Crippen LogP contribution is -3.00. The summed E-state index contributed by atoms with van der Waals surface area (Å²) >= 11 is 0. The summed E-state index contributed by atoms with van der Waals surface area (Å²) in [7, 11) is 5.27. The van der Waals surface area contributed by atoms with E-state index in [9.17, 15) is 0 Å². The predicted molar refractivity (Wildman–Crippen MR) is 179 cm³/mol. The molecule has 0 aromatic carbocycles. The maximum atomic E-state index is 5.69. The van der Waals surface area contributed by atoms with Gasteiger partial charge in [0.2, 0.25) is 0 Å². The molecule has 0 saturated heterocycles.